The van der Waals surface area contributed by atoms with Crippen LogP contribution in [-0.4, -0.2) is 0 Å². The molecule has 1 aromatic carbocycles. The predicted molar refractivity (Wildman–Crippen MR) is 63.2 cm³/mol. The highest BCUT2D eigenvalue weighted by Crippen LogP contribution is 2.13. The standard InChI is InChI=1S/C12H16S/c1-3-10-7-11(4-2)9-12(8-10)5-6-13/h5-9,13H,3-4H2,1-2H3. The highest BCUT2D eigenvalue weighted by Gasteiger charge is 1.95. The van der Waals surface area contributed by atoms with Crippen LogP contribution in [0.25, 0.3) is 6.08 Å². The summed E-state index contributed by atoms with van der Waals surface area (Å²) in [4.78, 5) is 0. The van der Waals surface area contributed by atoms with E-state index in [0.29, 0.717) is 0 Å². The summed E-state index contributed by atoms with van der Waals surface area (Å²) in [7, 11) is 0. The van der Waals surface area contributed by atoms with Crippen molar-refractivity contribution in [3.8, 4) is 0 Å². The van der Waals surface area contributed by atoms with Gasteiger partial charge in [0, 0.05) is 0 Å². The summed E-state index contributed by atoms with van der Waals surface area (Å²) >= 11 is 4.08. The third kappa shape index (κ3) is 2.92. The number of benzene rings is 1. The third-order valence-electron chi connectivity index (χ3n) is 2.16. The molecular weight excluding hydrogens is 176 g/mol. The van der Waals surface area contributed by atoms with Crippen molar-refractivity contribution >= 4 is 18.7 Å². The van der Waals surface area contributed by atoms with E-state index in [-0.39, 0.29) is 0 Å². The Hall–Kier alpha value is -0.690. The molecule has 0 atom stereocenters. The van der Waals surface area contributed by atoms with Crippen LogP contribution < -0.4 is 0 Å². The van der Waals surface area contributed by atoms with Gasteiger partial charge in [-0.25, -0.2) is 0 Å². The fourth-order valence-electron chi connectivity index (χ4n) is 1.38. The lowest BCUT2D eigenvalue weighted by molar-refractivity contribution is 1.08. The molecule has 0 bridgehead atoms. The molecule has 1 heteroatoms. The summed E-state index contributed by atoms with van der Waals surface area (Å²) in [5.74, 6) is 0. The Bertz CT molecular complexity index is 278. The lowest BCUT2D eigenvalue weighted by Crippen LogP contribution is -1.87. The normalized spacial score (nSPS) is 11.0. The number of hydrogen-bond donors (Lipinski definition) is 1. The van der Waals surface area contributed by atoms with E-state index in [9.17, 15) is 0 Å². The Balaban J connectivity index is 3.07. The van der Waals surface area contributed by atoms with Crippen LogP contribution in [0.3, 0.4) is 0 Å². The van der Waals surface area contributed by atoms with Gasteiger partial charge in [0.15, 0.2) is 0 Å². The number of thiol groups is 1. The fraction of sp³-hybridized carbons (Fsp3) is 0.333. The average Bonchev–Trinajstić information content (AvgIpc) is 2.17. The van der Waals surface area contributed by atoms with Crippen molar-refractivity contribution in [1.82, 2.24) is 0 Å². The van der Waals surface area contributed by atoms with Crippen LogP contribution in [0, 0.1) is 0 Å². The van der Waals surface area contributed by atoms with Gasteiger partial charge >= 0.3 is 0 Å². The van der Waals surface area contributed by atoms with Gasteiger partial charge < -0.3 is 0 Å². The van der Waals surface area contributed by atoms with Crippen molar-refractivity contribution in [2.45, 2.75) is 26.7 Å². The second kappa shape index (κ2) is 5.13. The average molecular weight is 192 g/mol. The molecular formula is C12H16S. The summed E-state index contributed by atoms with van der Waals surface area (Å²) < 4.78 is 0. The minimum Gasteiger partial charge on any atom is -0.151 e. The number of rotatable bonds is 3. The zero-order valence-corrected chi connectivity index (χ0v) is 9.14. The Kier molecular flexibility index (Phi) is 4.10. The van der Waals surface area contributed by atoms with E-state index < -0.39 is 0 Å². The molecule has 0 aromatic heterocycles. The zero-order chi connectivity index (χ0) is 9.68. The maximum atomic E-state index is 4.08. The lowest BCUT2D eigenvalue weighted by Gasteiger charge is -2.03. The van der Waals surface area contributed by atoms with Crippen molar-refractivity contribution in [2.24, 2.45) is 0 Å². The summed E-state index contributed by atoms with van der Waals surface area (Å²) in [5.41, 5.74) is 4.06. The maximum Gasteiger partial charge on any atom is -0.0246 e. The molecule has 0 saturated heterocycles. The topological polar surface area (TPSA) is 0 Å². The molecule has 0 amide bonds. The molecule has 0 heterocycles. The largest absolute Gasteiger partial charge is 0.151 e. The summed E-state index contributed by atoms with van der Waals surface area (Å²) in [6, 6.07) is 6.70. The monoisotopic (exact) mass is 192 g/mol. The van der Waals surface area contributed by atoms with Crippen molar-refractivity contribution in [1.29, 1.82) is 0 Å². The Morgan fingerprint density at radius 1 is 1.08 bits per heavy atom. The van der Waals surface area contributed by atoms with E-state index in [1.54, 1.807) is 5.41 Å². The van der Waals surface area contributed by atoms with E-state index in [2.05, 4.69) is 44.7 Å². The predicted octanol–water partition coefficient (Wildman–Crippen LogP) is 3.71. The molecule has 0 unspecified atom stereocenters. The Morgan fingerprint density at radius 2 is 1.62 bits per heavy atom. The molecule has 1 aromatic rings. The lowest BCUT2D eigenvalue weighted by atomic mass is 10.0. The molecule has 13 heavy (non-hydrogen) atoms. The summed E-state index contributed by atoms with van der Waals surface area (Å²) in [5, 5.41) is 1.79. The Labute approximate surface area is 86.1 Å². The van der Waals surface area contributed by atoms with Crippen molar-refractivity contribution in [3.63, 3.8) is 0 Å². The van der Waals surface area contributed by atoms with E-state index in [0.717, 1.165) is 12.8 Å². The first-order chi connectivity index (χ1) is 6.30. The van der Waals surface area contributed by atoms with Crippen molar-refractivity contribution in [2.75, 3.05) is 0 Å². The van der Waals surface area contributed by atoms with E-state index in [1.165, 1.54) is 16.7 Å². The quantitative estimate of drug-likeness (QED) is 0.693. The molecule has 0 saturated carbocycles. The zero-order valence-electron chi connectivity index (χ0n) is 8.25. The molecule has 1 rings (SSSR count). The summed E-state index contributed by atoms with van der Waals surface area (Å²) in [6.07, 6.45) is 4.23. The van der Waals surface area contributed by atoms with Gasteiger partial charge in [0.25, 0.3) is 0 Å². The highest BCUT2D eigenvalue weighted by atomic mass is 32.1. The molecule has 0 aliphatic heterocycles. The van der Waals surface area contributed by atoms with Gasteiger partial charge in [-0.15, -0.1) is 0 Å². The second-order valence-corrected chi connectivity index (χ2v) is 3.40. The molecule has 0 aliphatic carbocycles. The first kappa shape index (κ1) is 10.4. The van der Waals surface area contributed by atoms with Crippen molar-refractivity contribution in [3.05, 3.63) is 40.3 Å². The fourth-order valence-corrected chi connectivity index (χ4v) is 1.55. The molecule has 0 radical (unpaired) electrons. The first-order valence-electron chi connectivity index (χ1n) is 4.73. The molecule has 0 nitrogen and oxygen atoms in total. The third-order valence-corrected chi connectivity index (χ3v) is 2.31. The van der Waals surface area contributed by atoms with Crippen molar-refractivity contribution < 1.29 is 0 Å². The first-order valence-corrected chi connectivity index (χ1v) is 5.25. The van der Waals surface area contributed by atoms with Crippen LogP contribution in [0.4, 0.5) is 0 Å². The van der Waals surface area contributed by atoms with Crippen LogP contribution in [0.5, 0.6) is 0 Å². The van der Waals surface area contributed by atoms with E-state index >= 15 is 0 Å². The molecule has 70 valence electrons. The van der Waals surface area contributed by atoms with Crippen LogP contribution in [-0.2, 0) is 12.8 Å². The van der Waals surface area contributed by atoms with Gasteiger partial charge in [-0.3, -0.25) is 0 Å². The second-order valence-electron chi connectivity index (χ2n) is 3.11. The number of hydrogen-bond acceptors (Lipinski definition) is 1. The minimum absolute atomic E-state index is 1.10. The highest BCUT2D eigenvalue weighted by molar-refractivity contribution is 7.83. The van der Waals surface area contributed by atoms with Crippen LogP contribution in [0.2, 0.25) is 0 Å². The minimum atomic E-state index is 1.10. The SMILES string of the molecule is CCc1cc(C=CS)cc(CC)c1. The van der Waals surface area contributed by atoms with Crippen LogP contribution in [0.15, 0.2) is 23.6 Å². The molecule has 0 fully saturated rings. The van der Waals surface area contributed by atoms with Crippen LogP contribution >= 0.6 is 12.6 Å². The van der Waals surface area contributed by atoms with E-state index in [4.69, 9.17) is 0 Å². The van der Waals surface area contributed by atoms with Gasteiger partial charge in [0.05, 0.1) is 0 Å². The van der Waals surface area contributed by atoms with Gasteiger partial charge in [0.1, 0.15) is 0 Å². The van der Waals surface area contributed by atoms with Crippen LogP contribution in [0.1, 0.15) is 30.5 Å². The molecule has 0 spiro atoms. The van der Waals surface area contributed by atoms with E-state index in [1.807, 2.05) is 6.08 Å². The summed E-state index contributed by atoms with van der Waals surface area (Å²) in [6.45, 7) is 4.37. The van der Waals surface area contributed by atoms with Gasteiger partial charge in [-0.2, -0.15) is 12.6 Å². The van der Waals surface area contributed by atoms with Gasteiger partial charge in [-0.1, -0.05) is 32.0 Å². The Morgan fingerprint density at radius 3 is 2.00 bits per heavy atom. The molecule has 0 aliphatic rings. The van der Waals surface area contributed by atoms with Gasteiger partial charge in [0.2, 0.25) is 0 Å². The number of aryl methyl sites for hydroxylation is 2. The van der Waals surface area contributed by atoms with Gasteiger partial charge in [-0.05, 0) is 41.0 Å². The maximum absolute atomic E-state index is 4.08. The molecule has 0 N–H and O–H groups in total. The smallest absolute Gasteiger partial charge is 0.0246 e.